The molecule has 0 aromatic heterocycles. The van der Waals surface area contributed by atoms with Crippen LogP contribution in [0.4, 0.5) is 10.1 Å². The lowest BCUT2D eigenvalue weighted by Gasteiger charge is -2.33. The third kappa shape index (κ3) is 8.03. The molecule has 1 aliphatic carbocycles. The largest absolute Gasteiger partial charge is 0.352 e. The lowest BCUT2D eigenvalue weighted by Crippen LogP contribution is -2.52. The van der Waals surface area contributed by atoms with Crippen LogP contribution in [0.5, 0.6) is 0 Å². The van der Waals surface area contributed by atoms with Crippen LogP contribution in [-0.4, -0.2) is 50.0 Å². The highest BCUT2D eigenvalue weighted by Crippen LogP contribution is 2.26. The number of benzene rings is 2. The molecule has 0 spiro atoms. The van der Waals surface area contributed by atoms with Crippen molar-refractivity contribution >= 4 is 27.5 Å². The third-order valence-corrected chi connectivity index (χ3v) is 8.23. The summed E-state index contributed by atoms with van der Waals surface area (Å²) < 4.78 is 40.1. The zero-order valence-corrected chi connectivity index (χ0v) is 23.9. The van der Waals surface area contributed by atoms with Crippen LogP contribution in [0.3, 0.4) is 0 Å². The summed E-state index contributed by atoms with van der Waals surface area (Å²) in [5.41, 5.74) is 1.93. The van der Waals surface area contributed by atoms with Crippen LogP contribution >= 0.6 is 0 Å². The SMILES string of the molecule is C[C@H](C(=O)NC1CCCCC1)N(Cc1ccc(F)cc1)C(=O)CN(c1ccc(C(C)(C)C)cc1)S(C)(=O)=O. The molecule has 1 atom stereocenters. The number of amides is 2. The molecule has 208 valence electrons. The van der Waals surface area contributed by atoms with Crippen LogP contribution in [0.1, 0.15) is 70.9 Å². The van der Waals surface area contributed by atoms with E-state index in [2.05, 4.69) is 26.1 Å². The predicted molar refractivity (Wildman–Crippen MR) is 149 cm³/mol. The van der Waals surface area contributed by atoms with Gasteiger partial charge in [0.05, 0.1) is 11.9 Å². The molecule has 0 radical (unpaired) electrons. The first-order valence-corrected chi connectivity index (χ1v) is 15.0. The van der Waals surface area contributed by atoms with E-state index in [0.29, 0.717) is 11.3 Å². The number of nitrogens with zero attached hydrogens (tertiary/aromatic N) is 2. The maximum Gasteiger partial charge on any atom is 0.244 e. The van der Waals surface area contributed by atoms with Gasteiger partial charge in [0.15, 0.2) is 0 Å². The topological polar surface area (TPSA) is 86.8 Å². The highest BCUT2D eigenvalue weighted by molar-refractivity contribution is 7.92. The molecule has 9 heteroatoms. The summed E-state index contributed by atoms with van der Waals surface area (Å²) in [6.07, 6.45) is 6.11. The van der Waals surface area contributed by atoms with Gasteiger partial charge in [-0.05, 0) is 60.6 Å². The van der Waals surface area contributed by atoms with E-state index in [1.165, 1.54) is 17.0 Å². The number of hydrogen-bond acceptors (Lipinski definition) is 4. The molecule has 0 unspecified atom stereocenters. The van der Waals surface area contributed by atoms with Gasteiger partial charge in [0.1, 0.15) is 18.4 Å². The number of nitrogens with one attached hydrogen (secondary N) is 1. The van der Waals surface area contributed by atoms with Gasteiger partial charge in [-0.25, -0.2) is 12.8 Å². The zero-order chi connectivity index (χ0) is 28.1. The van der Waals surface area contributed by atoms with Crippen molar-refractivity contribution in [3.8, 4) is 0 Å². The molecule has 1 N–H and O–H groups in total. The molecule has 38 heavy (non-hydrogen) atoms. The van der Waals surface area contributed by atoms with Crippen molar-refractivity contribution in [2.75, 3.05) is 17.1 Å². The second-order valence-electron chi connectivity index (χ2n) is 11.2. The fourth-order valence-corrected chi connectivity index (χ4v) is 5.53. The van der Waals surface area contributed by atoms with Gasteiger partial charge in [0.2, 0.25) is 21.8 Å². The molecule has 7 nitrogen and oxygen atoms in total. The van der Waals surface area contributed by atoms with E-state index >= 15 is 0 Å². The van der Waals surface area contributed by atoms with Gasteiger partial charge in [0.25, 0.3) is 0 Å². The monoisotopic (exact) mass is 545 g/mol. The molecular formula is C29H40FN3O4S. The summed E-state index contributed by atoms with van der Waals surface area (Å²) in [6, 6.07) is 12.0. The van der Waals surface area contributed by atoms with E-state index in [9.17, 15) is 22.4 Å². The first kappa shape index (κ1) is 29.6. The van der Waals surface area contributed by atoms with Crippen molar-refractivity contribution in [1.29, 1.82) is 0 Å². The Kier molecular flexibility index (Phi) is 9.57. The maximum absolute atomic E-state index is 13.7. The van der Waals surface area contributed by atoms with Crippen LogP contribution in [0.2, 0.25) is 0 Å². The van der Waals surface area contributed by atoms with Crippen molar-refractivity contribution < 1.29 is 22.4 Å². The second-order valence-corrected chi connectivity index (χ2v) is 13.1. The van der Waals surface area contributed by atoms with Crippen LogP contribution in [0.15, 0.2) is 48.5 Å². The van der Waals surface area contributed by atoms with E-state index in [1.807, 2.05) is 12.1 Å². The Morgan fingerprint density at radius 3 is 2.11 bits per heavy atom. The minimum absolute atomic E-state index is 0.0406. The van der Waals surface area contributed by atoms with Crippen molar-refractivity contribution in [3.63, 3.8) is 0 Å². The number of hydrogen-bond donors (Lipinski definition) is 1. The normalized spacial score (nSPS) is 15.5. The summed E-state index contributed by atoms with van der Waals surface area (Å²) in [4.78, 5) is 28.2. The Balaban J connectivity index is 1.87. The van der Waals surface area contributed by atoms with Crippen LogP contribution < -0.4 is 9.62 Å². The molecule has 1 aliphatic rings. The Morgan fingerprint density at radius 1 is 1.00 bits per heavy atom. The number of halogens is 1. The fourth-order valence-electron chi connectivity index (χ4n) is 4.68. The smallest absolute Gasteiger partial charge is 0.244 e. The molecule has 0 aliphatic heterocycles. The van der Waals surface area contributed by atoms with Crippen LogP contribution in [0, 0.1) is 5.82 Å². The first-order valence-electron chi connectivity index (χ1n) is 13.2. The molecule has 1 saturated carbocycles. The van der Waals surface area contributed by atoms with Gasteiger partial charge in [-0.15, -0.1) is 0 Å². The van der Waals surface area contributed by atoms with E-state index in [4.69, 9.17) is 0 Å². The summed E-state index contributed by atoms with van der Waals surface area (Å²) in [5.74, 6) is -1.21. The van der Waals surface area contributed by atoms with E-state index in [0.717, 1.165) is 48.2 Å². The number of rotatable bonds is 9. The molecule has 0 saturated heterocycles. The second kappa shape index (κ2) is 12.3. The molecular weight excluding hydrogens is 505 g/mol. The van der Waals surface area contributed by atoms with Crippen molar-refractivity contribution in [2.45, 2.75) is 83.8 Å². The maximum atomic E-state index is 13.7. The van der Waals surface area contributed by atoms with Crippen molar-refractivity contribution in [3.05, 3.63) is 65.5 Å². The fraction of sp³-hybridized carbons (Fsp3) is 0.517. The molecule has 2 amide bonds. The number of anilines is 1. The number of sulfonamides is 1. The molecule has 3 rings (SSSR count). The van der Waals surface area contributed by atoms with Gasteiger partial charge in [0, 0.05) is 12.6 Å². The van der Waals surface area contributed by atoms with Crippen molar-refractivity contribution in [2.24, 2.45) is 0 Å². The molecule has 0 bridgehead atoms. The third-order valence-electron chi connectivity index (χ3n) is 7.09. The molecule has 2 aromatic rings. The predicted octanol–water partition coefficient (Wildman–Crippen LogP) is 4.76. The first-order chi connectivity index (χ1) is 17.8. The average molecular weight is 546 g/mol. The molecule has 1 fully saturated rings. The minimum Gasteiger partial charge on any atom is -0.352 e. The molecule has 0 heterocycles. The van der Waals surface area contributed by atoms with Gasteiger partial charge in [-0.2, -0.15) is 0 Å². The van der Waals surface area contributed by atoms with Crippen LogP contribution in [-0.2, 0) is 31.6 Å². The lowest BCUT2D eigenvalue weighted by atomic mass is 9.87. The minimum atomic E-state index is -3.81. The van der Waals surface area contributed by atoms with E-state index < -0.39 is 34.3 Å². The Labute approximate surface area is 226 Å². The summed E-state index contributed by atoms with van der Waals surface area (Å²) in [6.45, 7) is 7.41. The summed E-state index contributed by atoms with van der Waals surface area (Å²) >= 11 is 0. The standard InChI is InChI=1S/C29H40FN3O4S/c1-21(28(35)31-25-9-7-6-8-10-25)32(19-22-11-15-24(30)16-12-22)27(34)20-33(38(5,36)37)26-17-13-23(14-18-26)29(2,3)4/h11-18,21,25H,6-10,19-20H2,1-5H3,(H,31,35)/t21-/m1/s1. The van der Waals surface area contributed by atoms with Crippen molar-refractivity contribution in [1.82, 2.24) is 10.2 Å². The number of carbonyl (C=O) groups excluding carboxylic acids is 2. The highest BCUT2D eigenvalue weighted by atomic mass is 32.2. The zero-order valence-electron chi connectivity index (χ0n) is 23.0. The highest BCUT2D eigenvalue weighted by Gasteiger charge is 2.31. The van der Waals surface area contributed by atoms with Crippen LogP contribution in [0.25, 0.3) is 0 Å². The summed E-state index contributed by atoms with van der Waals surface area (Å²) in [5, 5.41) is 3.06. The quantitative estimate of drug-likeness (QED) is 0.493. The molecule has 2 aromatic carbocycles. The Bertz CT molecular complexity index is 1200. The Hall–Kier alpha value is -2.94. The van der Waals surface area contributed by atoms with Gasteiger partial charge < -0.3 is 10.2 Å². The lowest BCUT2D eigenvalue weighted by molar-refractivity contribution is -0.139. The summed E-state index contributed by atoms with van der Waals surface area (Å²) in [7, 11) is -3.81. The average Bonchev–Trinajstić information content (AvgIpc) is 2.86. The number of carbonyl (C=O) groups is 2. The Morgan fingerprint density at radius 2 is 1.58 bits per heavy atom. The van der Waals surface area contributed by atoms with Gasteiger partial charge in [-0.3, -0.25) is 13.9 Å². The van der Waals surface area contributed by atoms with E-state index in [1.54, 1.807) is 31.2 Å². The van der Waals surface area contributed by atoms with E-state index in [-0.39, 0.29) is 23.9 Å². The van der Waals surface area contributed by atoms with Gasteiger partial charge in [-0.1, -0.05) is 64.3 Å². The van der Waals surface area contributed by atoms with Gasteiger partial charge >= 0.3 is 0 Å².